The third-order valence-corrected chi connectivity index (χ3v) is 3.24. The van der Waals surface area contributed by atoms with Crippen LogP contribution in [0.4, 0.5) is 0 Å². The number of thioether (sulfide) groups is 1. The maximum Gasteiger partial charge on any atom is 0.244 e. The Kier molecular flexibility index (Phi) is 5.95. The predicted molar refractivity (Wildman–Crippen MR) is 77.5 cm³/mol. The molecule has 0 spiro atoms. The summed E-state index contributed by atoms with van der Waals surface area (Å²) < 4.78 is 0. The predicted octanol–water partition coefficient (Wildman–Crippen LogP) is 1.93. The molecule has 2 N–H and O–H groups in total. The van der Waals surface area contributed by atoms with Crippen molar-refractivity contribution < 1.29 is 9.90 Å². The molecule has 0 aliphatic rings. The normalized spacial score (nSPS) is 14.4. The second-order valence-electron chi connectivity index (χ2n) is 4.39. The van der Waals surface area contributed by atoms with E-state index in [0.29, 0.717) is 5.75 Å². The van der Waals surface area contributed by atoms with Crippen molar-refractivity contribution in [1.82, 2.24) is 5.32 Å². The van der Waals surface area contributed by atoms with Crippen LogP contribution in [0.5, 0.6) is 0 Å². The number of amides is 1. The number of carbonyl (C=O) groups excluding carboxylic acids is 1. The molecular weight excluding hydrogens is 246 g/mol. The van der Waals surface area contributed by atoms with Crippen molar-refractivity contribution in [2.24, 2.45) is 0 Å². The summed E-state index contributed by atoms with van der Waals surface area (Å²) in [5.41, 5.74) is 0.110. The fourth-order valence-corrected chi connectivity index (χ4v) is 2.16. The van der Waals surface area contributed by atoms with E-state index in [-0.39, 0.29) is 12.5 Å². The Balaban J connectivity index is 2.41. The fourth-order valence-electron chi connectivity index (χ4n) is 1.43. The Hall–Kier alpha value is -1.26. The van der Waals surface area contributed by atoms with Gasteiger partial charge in [0.15, 0.2) is 0 Å². The van der Waals surface area contributed by atoms with Gasteiger partial charge in [0.2, 0.25) is 5.91 Å². The van der Waals surface area contributed by atoms with Crippen molar-refractivity contribution in [2.45, 2.75) is 12.5 Å². The average Bonchev–Trinajstić information content (AvgIpc) is 2.35. The molecule has 1 aromatic carbocycles. The van der Waals surface area contributed by atoms with E-state index in [4.69, 9.17) is 0 Å². The summed E-state index contributed by atoms with van der Waals surface area (Å²) in [6.07, 6.45) is 5.15. The van der Waals surface area contributed by atoms with Crippen LogP contribution in [0.3, 0.4) is 0 Å². The molecule has 0 aliphatic carbocycles. The molecule has 0 heterocycles. The number of hydrogen-bond acceptors (Lipinski definition) is 3. The van der Waals surface area contributed by atoms with Gasteiger partial charge in [0, 0.05) is 18.4 Å². The Labute approximate surface area is 112 Å². The smallest absolute Gasteiger partial charge is 0.244 e. The van der Waals surface area contributed by atoms with Gasteiger partial charge < -0.3 is 10.4 Å². The largest absolute Gasteiger partial charge is 0.387 e. The van der Waals surface area contributed by atoms with Crippen LogP contribution >= 0.6 is 11.8 Å². The monoisotopic (exact) mass is 265 g/mol. The lowest BCUT2D eigenvalue weighted by Crippen LogP contribution is -2.41. The van der Waals surface area contributed by atoms with Gasteiger partial charge in [-0.1, -0.05) is 30.3 Å². The molecule has 1 unspecified atom stereocenters. The first-order chi connectivity index (χ1) is 8.53. The van der Waals surface area contributed by atoms with Gasteiger partial charge in [-0.3, -0.25) is 4.79 Å². The van der Waals surface area contributed by atoms with Crippen LogP contribution in [0, 0.1) is 0 Å². The van der Waals surface area contributed by atoms with Gasteiger partial charge >= 0.3 is 0 Å². The molecule has 0 aromatic heterocycles. The van der Waals surface area contributed by atoms with Gasteiger partial charge in [0.05, 0.1) is 5.60 Å². The molecule has 1 aromatic rings. The van der Waals surface area contributed by atoms with Crippen molar-refractivity contribution in [2.75, 3.05) is 18.6 Å². The van der Waals surface area contributed by atoms with Gasteiger partial charge in [-0.25, -0.2) is 0 Å². The fraction of sp³-hybridized carbons (Fsp3) is 0.357. The molecule has 1 amide bonds. The lowest BCUT2D eigenvalue weighted by molar-refractivity contribution is -0.117. The van der Waals surface area contributed by atoms with Crippen LogP contribution in [0.2, 0.25) is 0 Å². The molecular formula is C14H19NO2S. The standard InChI is InChI=1S/C14H19NO2S/c1-14(17,11-18-2)10-15-13(16)9-8-12-6-4-3-5-7-12/h3-9,17H,10-11H2,1-2H3,(H,15,16). The van der Waals surface area contributed by atoms with E-state index in [0.717, 1.165) is 5.56 Å². The minimum Gasteiger partial charge on any atom is -0.387 e. The molecule has 98 valence electrons. The van der Waals surface area contributed by atoms with Crippen molar-refractivity contribution in [3.05, 3.63) is 42.0 Å². The minimum absolute atomic E-state index is 0.194. The molecule has 0 saturated heterocycles. The number of nitrogens with one attached hydrogen (secondary N) is 1. The van der Waals surface area contributed by atoms with Crippen LogP contribution in [0.1, 0.15) is 12.5 Å². The summed E-state index contributed by atoms with van der Waals surface area (Å²) in [5, 5.41) is 12.6. The van der Waals surface area contributed by atoms with Crippen LogP contribution < -0.4 is 5.32 Å². The molecule has 0 radical (unpaired) electrons. The summed E-state index contributed by atoms with van der Waals surface area (Å²) in [6, 6.07) is 9.61. The Morgan fingerprint density at radius 1 is 1.44 bits per heavy atom. The first-order valence-electron chi connectivity index (χ1n) is 5.76. The summed E-state index contributed by atoms with van der Waals surface area (Å²) in [5.74, 6) is 0.399. The van der Waals surface area contributed by atoms with Gasteiger partial charge in [-0.2, -0.15) is 11.8 Å². The van der Waals surface area contributed by atoms with Crippen LogP contribution in [0.25, 0.3) is 6.08 Å². The highest BCUT2D eigenvalue weighted by molar-refractivity contribution is 7.98. The first-order valence-corrected chi connectivity index (χ1v) is 7.15. The summed E-state index contributed by atoms with van der Waals surface area (Å²) in [6.45, 7) is 1.97. The quantitative estimate of drug-likeness (QED) is 0.773. The summed E-state index contributed by atoms with van der Waals surface area (Å²) in [7, 11) is 0. The second kappa shape index (κ2) is 7.24. The van der Waals surface area contributed by atoms with E-state index >= 15 is 0 Å². The van der Waals surface area contributed by atoms with E-state index < -0.39 is 5.60 Å². The molecule has 1 rings (SSSR count). The number of benzene rings is 1. The van der Waals surface area contributed by atoms with Crippen LogP contribution in [-0.2, 0) is 4.79 Å². The second-order valence-corrected chi connectivity index (χ2v) is 5.26. The Morgan fingerprint density at radius 2 is 2.11 bits per heavy atom. The highest BCUT2D eigenvalue weighted by atomic mass is 32.2. The van der Waals surface area contributed by atoms with Gasteiger partial charge in [-0.15, -0.1) is 0 Å². The van der Waals surface area contributed by atoms with E-state index in [2.05, 4.69) is 5.32 Å². The number of carbonyl (C=O) groups is 1. The molecule has 3 nitrogen and oxygen atoms in total. The lowest BCUT2D eigenvalue weighted by atomic mass is 10.1. The van der Waals surface area contributed by atoms with Gasteiger partial charge in [0.1, 0.15) is 0 Å². The van der Waals surface area contributed by atoms with E-state index in [9.17, 15) is 9.90 Å². The maximum absolute atomic E-state index is 11.6. The van der Waals surface area contributed by atoms with Crippen molar-refractivity contribution >= 4 is 23.7 Å². The van der Waals surface area contributed by atoms with Crippen LogP contribution in [-0.4, -0.2) is 35.2 Å². The molecule has 0 aliphatic heterocycles. The molecule has 4 heteroatoms. The SMILES string of the molecule is CSCC(C)(O)CNC(=O)C=Cc1ccccc1. The topological polar surface area (TPSA) is 49.3 Å². The molecule has 18 heavy (non-hydrogen) atoms. The third-order valence-electron chi connectivity index (χ3n) is 2.33. The minimum atomic E-state index is -0.865. The third kappa shape index (κ3) is 5.89. The van der Waals surface area contributed by atoms with Gasteiger partial charge in [0.25, 0.3) is 0 Å². The van der Waals surface area contributed by atoms with Crippen molar-refractivity contribution in [3.63, 3.8) is 0 Å². The van der Waals surface area contributed by atoms with E-state index in [1.807, 2.05) is 36.6 Å². The van der Waals surface area contributed by atoms with Crippen molar-refractivity contribution in [1.29, 1.82) is 0 Å². The van der Waals surface area contributed by atoms with Crippen LogP contribution in [0.15, 0.2) is 36.4 Å². The highest BCUT2D eigenvalue weighted by Gasteiger charge is 2.19. The molecule has 0 fully saturated rings. The number of hydrogen-bond donors (Lipinski definition) is 2. The number of rotatable bonds is 6. The lowest BCUT2D eigenvalue weighted by Gasteiger charge is -2.21. The zero-order chi connectivity index (χ0) is 13.4. The maximum atomic E-state index is 11.6. The first kappa shape index (κ1) is 14.8. The summed E-state index contributed by atoms with van der Waals surface area (Å²) >= 11 is 1.55. The summed E-state index contributed by atoms with van der Waals surface area (Å²) in [4.78, 5) is 11.6. The van der Waals surface area contributed by atoms with Crippen molar-refractivity contribution in [3.8, 4) is 0 Å². The van der Waals surface area contributed by atoms with E-state index in [1.165, 1.54) is 6.08 Å². The average molecular weight is 265 g/mol. The highest BCUT2D eigenvalue weighted by Crippen LogP contribution is 2.09. The molecule has 1 atom stereocenters. The Morgan fingerprint density at radius 3 is 2.72 bits per heavy atom. The zero-order valence-corrected chi connectivity index (χ0v) is 11.5. The zero-order valence-electron chi connectivity index (χ0n) is 10.7. The van der Waals surface area contributed by atoms with Gasteiger partial charge in [-0.05, 0) is 24.8 Å². The van der Waals surface area contributed by atoms with E-state index in [1.54, 1.807) is 24.8 Å². The molecule has 0 saturated carbocycles. The number of aliphatic hydroxyl groups is 1. The molecule has 0 bridgehead atoms. The Bertz CT molecular complexity index is 402.